The molecule has 0 aliphatic carbocycles. The molecular weight excluding hydrogens is 456 g/mol. The quantitative estimate of drug-likeness (QED) is 0.255. The summed E-state index contributed by atoms with van der Waals surface area (Å²) in [5, 5.41) is 10.9. The van der Waals surface area contributed by atoms with Gasteiger partial charge in [0.1, 0.15) is 18.5 Å². The molecule has 1 aromatic heterocycles. The van der Waals surface area contributed by atoms with Gasteiger partial charge >= 0.3 is 0 Å². The summed E-state index contributed by atoms with van der Waals surface area (Å²) in [7, 11) is 0. The second-order valence-corrected chi connectivity index (χ2v) is 11.0. The third-order valence-corrected chi connectivity index (χ3v) is 6.72. The van der Waals surface area contributed by atoms with Gasteiger partial charge in [-0.3, -0.25) is 4.90 Å². The maximum atomic E-state index is 10.9. The molecule has 0 saturated carbocycles. The maximum absolute atomic E-state index is 10.9. The third kappa shape index (κ3) is 7.82. The first kappa shape index (κ1) is 26.7. The van der Waals surface area contributed by atoms with Gasteiger partial charge in [0.15, 0.2) is 0 Å². The number of aliphatic hydroxyl groups excluding tert-OH is 1. The van der Waals surface area contributed by atoms with Gasteiger partial charge in [-0.25, -0.2) is 0 Å². The number of aliphatic hydroxyl groups is 1. The molecule has 1 atom stereocenters. The highest BCUT2D eigenvalue weighted by Crippen LogP contribution is 2.23. The minimum Gasteiger partial charge on any atom is -0.491 e. The molecule has 1 N–H and O–H groups in total. The summed E-state index contributed by atoms with van der Waals surface area (Å²) in [6, 6.07) is 31.6. The number of hydrogen-bond acceptors (Lipinski definition) is 3. The van der Waals surface area contributed by atoms with E-state index < -0.39 is 6.10 Å². The lowest BCUT2D eigenvalue weighted by Gasteiger charge is -2.26. The van der Waals surface area contributed by atoms with Crippen molar-refractivity contribution in [3.8, 4) is 5.75 Å². The van der Waals surface area contributed by atoms with Gasteiger partial charge in [0.2, 0.25) is 0 Å². The normalized spacial score (nSPS) is 12.6. The van der Waals surface area contributed by atoms with E-state index >= 15 is 0 Å². The van der Waals surface area contributed by atoms with Crippen LogP contribution in [0.3, 0.4) is 0 Å². The maximum Gasteiger partial charge on any atom is 0.122 e. The molecule has 0 saturated heterocycles. The monoisotopic (exact) mass is 496 g/mol. The van der Waals surface area contributed by atoms with Crippen LogP contribution in [-0.4, -0.2) is 33.8 Å². The summed E-state index contributed by atoms with van der Waals surface area (Å²) in [6.07, 6.45) is 1.54. The fraction of sp³-hybridized carbons (Fsp3) is 0.333. The number of ether oxygens (including phenoxy) is 1. The van der Waals surface area contributed by atoms with Crippen LogP contribution in [0.15, 0.2) is 97.2 Å². The van der Waals surface area contributed by atoms with Gasteiger partial charge in [-0.2, -0.15) is 0 Å². The summed E-state index contributed by atoms with van der Waals surface area (Å²) >= 11 is 0. The Kier molecular flexibility index (Phi) is 8.86. The molecule has 194 valence electrons. The van der Waals surface area contributed by atoms with E-state index in [1.807, 2.05) is 37.3 Å². The van der Waals surface area contributed by atoms with Crippen molar-refractivity contribution in [3.63, 3.8) is 0 Å². The van der Waals surface area contributed by atoms with Crippen LogP contribution in [0, 0.1) is 6.92 Å². The molecule has 0 bridgehead atoms. The summed E-state index contributed by atoms with van der Waals surface area (Å²) in [4.78, 5) is 2.30. The van der Waals surface area contributed by atoms with Crippen LogP contribution >= 0.6 is 0 Å². The average molecular weight is 497 g/mol. The van der Waals surface area contributed by atoms with Gasteiger partial charge in [0.05, 0.1) is 0 Å². The molecule has 0 radical (unpaired) electrons. The smallest absolute Gasteiger partial charge is 0.122 e. The van der Waals surface area contributed by atoms with Gasteiger partial charge in [0, 0.05) is 38.1 Å². The van der Waals surface area contributed by atoms with Crippen molar-refractivity contribution in [3.05, 3.63) is 125 Å². The number of rotatable bonds is 11. The lowest BCUT2D eigenvalue weighted by molar-refractivity contribution is 0.0618. The Morgan fingerprint density at radius 2 is 1.51 bits per heavy atom. The predicted octanol–water partition coefficient (Wildman–Crippen LogP) is 6.58. The number of hydrogen-bond donors (Lipinski definition) is 1. The van der Waals surface area contributed by atoms with Crippen molar-refractivity contribution in [2.75, 3.05) is 13.2 Å². The summed E-state index contributed by atoms with van der Waals surface area (Å²) in [6.45, 7) is 11.9. The van der Waals surface area contributed by atoms with Crippen molar-refractivity contribution in [1.82, 2.24) is 9.47 Å². The highest BCUT2D eigenvalue weighted by atomic mass is 16.5. The van der Waals surface area contributed by atoms with E-state index in [4.69, 9.17) is 4.74 Å². The molecule has 37 heavy (non-hydrogen) atoms. The number of nitrogens with zero attached hydrogens (tertiary/aromatic N) is 2. The van der Waals surface area contributed by atoms with Crippen LogP contribution < -0.4 is 4.74 Å². The van der Waals surface area contributed by atoms with Gasteiger partial charge in [0.25, 0.3) is 0 Å². The molecule has 4 nitrogen and oxygen atoms in total. The first-order valence-corrected chi connectivity index (χ1v) is 13.1. The topological polar surface area (TPSA) is 37.6 Å². The second-order valence-electron chi connectivity index (χ2n) is 11.0. The molecule has 0 spiro atoms. The molecular formula is C33H40N2O2. The highest BCUT2D eigenvalue weighted by molar-refractivity contribution is 5.32. The Bertz CT molecular complexity index is 1240. The number of para-hydroxylation sites is 1. The van der Waals surface area contributed by atoms with Crippen LogP contribution in [0.2, 0.25) is 0 Å². The zero-order valence-corrected chi connectivity index (χ0v) is 22.6. The Balaban J connectivity index is 1.44. The highest BCUT2D eigenvalue weighted by Gasteiger charge is 2.17. The van der Waals surface area contributed by atoms with E-state index in [1.54, 1.807) is 0 Å². The summed E-state index contributed by atoms with van der Waals surface area (Å²) in [5.41, 5.74) is 6.31. The zero-order valence-electron chi connectivity index (χ0n) is 22.6. The van der Waals surface area contributed by atoms with Gasteiger partial charge in [-0.05, 0) is 52.8 Å². The molecule has 0 aliphatic heterocycles. The zero-order chi connectivity index (χ0) is 26.3. The second kappa shape index (κ2) is 12.3. The summed E-state index contributed by atoms with van der Waals surface area (Å²) < 4.78 is 8.25. The molecule has 3 aromatic carbocycles. The number of aromatic nitrogens is 1. The van der Waals surface area contributed by atoms with Gasteiger partial charge < -0.3 is 14.4 Å². The molecule has 0 unspecified atom stereocenters. The standard InChI is InChI=1S/C33H40N2O2/c1-26-11-8-9-15-32(26)37-25-31(36)24-34(21-27-12-6-5-7-13-27)23-30-14-10-20-35(30)22-28-16-18-29(19-17-28)33(2,3)4/h5-20,31,36H,21-25H2,1-4H3/t31-/m0/s1. The van der Waals surface area contributed by atoms with Crippen molar-refractivity contribution in [1.29, 1.82) is 0 Å². The average Bonchev–Trinajstić information content (AvgIpc) is 3.30. The first-order valence-electron chi connectivity index (χ1n) is 13.1. The van der Waals surface area contributed by atoms with Crippen molar-refractivity contribution in [2.24, 2.45) is 0 Å². The number of benzene rings is 3. The lowest BCUT2D eigenvalue weighted by Crippen LogP contribution is -2.35. The molecule has 4 aromatic rings. The van der Waals surface area contributed by atoms with E-state index in [9.17, 15) is 5.11 Å². The molecule has 0 aliphatic rings. The van der Waals surface area contributed by atoms with E-state index in [0.29, 0.717) is 6.54 Å². The largest absolute Gasteiger partial charge is 0.491 e. The minimum atomic E-state index is -0.600. The Hall–Kier alpha value is -3.34. The van der Waals surface area contributed by atoms with Gasteiger partial charge in [-0.15, -0.1) is 0 Å². The van der Waals surface area contributed by atoms with Crippen LogP contribution in [-0.2, 0) is 25.0 Å². The molecule has 4 rings (SSSR count). The van der Waals surface area contributed by atoms with E-state index in [0.717, 1.165) is 30.9 Å². The van der Waals surface area contributed by atoms with Crippen LogP contribution in [0.25, 0.3) is 0 Å². The predicted molar refractivity (Wildman–Crippen MR) is 152 cm³/mol. The fourth-order valence-corrected chi connectivity index (χ4v) is 4.56. The van der Waals surface area contributed by atoms with Crippen LogP contribution in [0.5, 0.6) is 5.75 Å². The first-order chi connectivity index (χ1) is 17.8. The number of aryl methyl sites for hydroxylation is 1. The Labute approximate surface area is 222 Å². The van der Waals surface area contributed by atoms with Crippen molar-refractivity contribution >= 4 is 0 Å². The van der Waals surface area contributed by atoms with Crippen molar-refractivity contribution < 1.29 is 9.84 Å². The Morgan fingerprint density at radius 3 is 2.22 bits per heavy atom. The van der Waals surface area contributed by atoms with E-state index in [2.05, 4.69) is 97.1 Å². The Morgan fingerprint density at radius 1 is 0.811 bits per heavy atom. The lowest BCUT2D eigenvalue weighted by atomic mass is 9.87. The minimum absolute atomic E-state index is 0.152. The van der Waals surface area contributed by atoms with Gasteiger partial charge in [-0.1, -0.05) is 93.6 Å². The van der Waals surface area contributed by atoms with E-state index in [1.165, 1.54) is 22.4 Å². The molecule has 0 fully saturated rings. The van der Waals surface area contributed by atoms with Crippen LogP contribution in [0.4, 0.5) is 0 Å². The molecule has 4 heteroatoms. The molecule has 0 amide bonds. The van der Waals surface area contributed by atoms with E-state index in [-0.39, 0.29) is 12.0 Å². The van der Waals surface area contributed by atoms with Crippen LogP contribution in [0.1, 0.15) is 48.7 Å². The summed E-state index contributed by atoms with van der Waals surface area (Å²) in [5.74, 6) is 0.822. The molecule has 1 heterocycles. The van der Waals surface area contributed by atoms with Crippen molar-refractivity contribution in [2.45, 2.75) is 58.8 Å². The SMILES string of the molecule is Cc1ccccc1OC[C@@H](O)CN(Cc1ccccc1)Cc1cccn1Cc1ccc(C(C)(C)C)cc1. The third-order valence-electron chi connectivity index (χ3n) is 6.72. The fourth-order valence-electron chi connectivity index (χ4n) is 4.56.